The van der Waals surface area contributed by atoms with E-state index < -0.39 is 5.54 Å². The summed E-state index contributed by atoms with van der Waals surface area (Å²) in [6.07, 6.45) is 1.38. The van der Waals surface area contributed by atoms with Crippen molar-refractivity contribution >= 4 is 32.7 Å². The molecule has 1 aromatic heterocycles. The van der Waals surface area contributed by atoms with Gasteiger partial charge in [-0.05, 0) is 32.0 Å². The number of benzene rings is 1. The molecule has 0 aliphatic heterocycles. The van der Waals surface area contributed by atoms with Crippen LogP contribution in [-0.2, 0) is 11.3 Å². The number of nitrogens with zero attached hydrogens (tertiary/aromatic N) is 2. The molecule has 1 aromatic carbocycles. The van der Waals surface area contributed by atoms with Gasteiger partial charge in [-0.2, -0.15) is 0 Å². The predicted octanol–water partition coefficient (Wildman–Crippen LogP) is 1.01. The molecule has 1 amide bonds. The summed E-state index contributed by atoms with van der Waals surface area (Å²) >= 11 is 3.32. The highest BCUT2D eigenvalue weighted by atomic mass is 79.9. The van der Waals surface area contributed by atoms with Gasteiger partial charge in [0, 0.05) is 16.6 Å². The zero-order chi connectivity index (χ0) is 15.6. The number of amides is 1. The number of fused-ring (bicyclic) bond motifs is 1. The monoisotopic (exact) mass is 352 g/mol. The van der Waals surface area contributed by atoms with Gasteiger partial charge in [-0.3, -0.25) is 14.2 Å². The van der Waals surface area contributed by atoms with Gasteiger partial charge in [0.1, 0.15) is 6.54 Å². The van der Waals surface area contributed by atoms with Crippen molar-refractivity contribution < 1.29 is 4.79 Å². The van der Waals surface area contributed by atoms with Crippen molar-refractivity contribution in [3.8, 4) is 0 Å². The fourth-order valence-electron chi connectivity index (χ4n) is 1.78. The highest BCUT2D eigenvalue weighted by Gasteiger charge is 2.13. The van der Waals surface area contributed by atoms with Crippen LogP contribution in [-0.4, -0.2) is 27.5 Å². The first-order chi connectivity index (χ1) is 9.76. The number of rotatable bonds is 4. The second-order valence-corrected chi connectivity index (χ2v) is 6.52. The Morgan fingerprint density at radius 2 is 2.19 bits per heavy atom. The molecule has 6 nitrogen and oxygen atoms in total. The van der Waals surface area contributed by atoms with Gasteiger partial charge in [-0.15, -0.1) is 0 Å². The average Bonchev–Trinajstić information content (AvgIpc) is 2.39. The number of nitrogens with two attached hydrogens (primary N) is 1. The molecule has 2 rings (SSSR count). The van der Waals surface area contributed by atoms with Crippen LogP contribution >= 0.6 is 15.9 Å². The topological polar surface area (TPSA) is 90.0 Å². The average molecular weight is 353 g/mol. The Labute approximate surface area is 130 Å². The van der Waals surface area contributed by atoms with Crippen molar-refractivity contribution in [1.29, 1.82) is 0 Å². The van der Waals surface area contributed by atoms with E-state index in [1.807, 2.05) is 19.9 Å². The Morgan fingerprint density at radius 3 is 2.86 bits per heavy atom. The number of carbonyl (C=O) groups is 1. The van der Waals surface area contributed by atoms with E-state index >= 15 is 0 Å². The van der Waals surface area contributed by atoms with Gasteiger partial charge in [0.25, 0.3) is 5.56 Å². The molecule has 0 saturated carbocycles. The van der Waals surface area contributed by atoms with Gasteiger partial charge in [-0.25, -0.2) is 4.98 Å². The summed E-state index contributed by atoms with van der Waals surface area (Å²) in [5.41, 5.74) is 5.66. The van der Waals surface area contributed by atoms with Gasteiger partial charge in [-0.1, -0.05) is 15.9 Å². The maximum Gasteiger partial charge on any atom is 0.261 e. The summed E-state index contributed by atoms with van der Waals surface area (Å²) < 4.78 is 2.08. The van der Waals surface area contributed by atoms with E-state index in [2.05, 4.69) is 26.2 Å². The lowest BCUT2D eigenvalue weighted by molar-refractivity contribution is -0.121. The molecule has 1 heterocycles. The maximum absolute atomic E-state index is 12.3. The first-order valence-corrected chi connectivity index (χ1v) is 7.26. The van der Waals surface area contributed by atoms with Crippen molar-refractivity contribution in [2.24, 2.45) is 5.73 Å². The van der Waals surface area contributed by atoms with Crippen LogP contribution in [0.25, 0.3) is 10.9 Å². The third kappa shape index (κ3) is 4.12. The van der Waals surface area contributed by atoms with Crippen LogP contribution in [0.5, 0.6) is 0 Å². The minimum absolute atomic E-state index is 0.0790. The maximum atomic E-state index is 12.3. The van der Waals surface area contributed by atoms with Crippen molar-refractivity contribution in [1.82, 2.24) is 14.9 Å². The van der Waals surface area contributed by atoms with Gasteiger partial charge < -0.3 is 11.1 Å². The summed E-state index contributed by atoms with van der Waals surface area (Å²) in [5.74, 6) is -0.272. The van der Waals surface area contributed by atoms with E-state index in [9.17, 15) is 9.59 Å². The van der Waals surface area contributed by atoms with E-state index in [0.717, 1.165) is 4.47 Å². The van der Waals surface area contributed by atoms with Crippen molar-refractivity contribution in [3.05, 3.63) is 39.4 Å². The Bertz CT molecular complexity index is 734. The molecule has 0 fully saturated rings. The summed E-state index contributed by atoms with van der Waals surface area (Å²) in [5, 5.41) is 3.17. The highest BCUT2D eigenvalue weighted by Crippen LogP contribution is 2.14. The summed E-state index contributed by atoms with van der Waals surface area (Å²) in [6, 6.07) is 5.26. The third-order valence-corrected chi connectivity index (χ3v) is 3.33. The largest absolute Gasteiger partial charge is 0.353 e. The number of nitrogens with one attached hydrogen (secondary N) is 1. The minimum Gasteiger partial charge on any atom is -0.353 e. The Balaban J connectivity index is 2.21. The fourth-order valence-corrected chi connectivity index (χ4v) is 2.14. The number of carbonyl (C=O) groups excluding carboxylic acids is 1. The first kappa shape index (κ1) is 15.7. The predicted molar refractivity (Wildman–Crippen MR) is 85.0 cm³/mol. The molecule has 112 valence electrons. The third-order valence-electron chi connectivity index (χ3n) is 2.84. The molecule has 0 aliphatic carbocycles. The second-order valence-electron chi connectivity index (χ2n) is 5.60. The second kappa shape index (κ2) is 5.95. The Morgan fingerprint density at radius 1 is 1.48 bits per heavy atom. The molecule has 0 unspecified atom stereocenters. The lowest BCUT2D eigenvalue weighted by atomic mass is 10.1. The first-order valence-electron chi connectivity index (χ1n) is 6.46. The molecule has 7 heteroatoms. The van der Waals surface area contributed by atoms with Gasteiger partial charge in [0.05, 0.1) is 17.2 Å². The molecule has 0 atom stereocenters. The molecule has 0 spiro atoms. The lowest BCUT2D eigenvalue weighted by Crippen LogP contribution is -2.46. The van der Waals surface area contributed by atoms with E-state index in [4.69, 9.17) is 5.73 Å². The zero-order valence-corrected chi connectivity index (χ0v) is 13.5. The van der Waals surface area contributed by atoms with Gasteiger partial charge in [0.2, 0.25) is 5.91 Å². The normalized spacial score (nSPS) is 11.6. The molecule has 21 heavy (non-hydrogen) atoms. The molecule has 2 aromatic rings. The highest BCUT2D eigenvalue weighted by molar-refractivity contribution is 9.10. The van der Waals surface area contributed by atoms with E-state index in [0.29, 0.717) is 17.4 Å². The SMILES string of the molecule is CC(C)(N)CNC(=O)Cn1cnc2ccc(Br)cc2c1=O. The Kier molecular flexibility index (Phi) is 4.43. The summed E-state index contributed by atoms with van der Waals surface area (Å²) in [7, 11) is 0. The van der Waals surface area contributed by atoms with Crippen LogP contribution in [0.2, 0.25) is 0 Å². The van der Waals surface area contributed by atoms with Crippen LogP contribution in [0.4, 0.5) is 0 Å². The molecule has 0 aliphatic rings. The molecule has 3 N–H and O–H groups in total. The van der Waals surface area contributed by atoms with Crippen molar-refractivity contribution in [3.63, 3.8) is 0 Å². The van der Waals surface area contributed by atoms with E-state index in [1.165, 1.54) is 10.9 Å². The van der Waals surface area contributed by atoms with Crippen molar-refractivity contribution in [2.75, 3.05) is 6.54 Å². The van der Waals surface area contributed by atoms with Crippen molar-refractivity contribution in [2.45, 2.75) is 25.9 Å². The van der Waals surface area contributed by atoms with Crippen LogP contribution in [0.15, 0.2) is 33.8 Å². The quantitative estimate of drug-likeness (QED) is 0.859. The van der Waals surface area contributed by atoms with Crippen LogP contribution in [0.1, 0.15) is 13.8 Å². The van der Waals surface area contributed by atoms with Crippen LogP contribution in [0, 0.1) is 0 Å². The van der Waals surface area contributed by atoms with Crippen LogP contribution in [0.3, 0.4) is 0 Å². The summed E-state index contributed by atoms with van der Waals surface area (Å²) in [4.78, 5) is 28.3. The fraction of sp³-hybridized carbons (Fsp3) is 0.357. The molecule has 0 radical (unpaired) electrons. The standard InChI is InChI=1S/C14H17BrN4O2/c1-14(2,16)7-17-12(20)6-19-8-18-11-4-3-9(15)5-10(11)13(19)21/h3-5,8H,6-7,16H2,1-2H3,(H,17,20). The van der Waals surface area contributed by atoms with Crippen LogP contribution < -0.4 is 16.6 Å². The molecular formula is C14H17BrN4O2. The number of aromatic nitrogens is 2. The van der Waals surface area contributed by atoms with Gasteiger partial charge in [0.15, 0.2) is 0 Å². The number of hydrogen-bond donors (Lipinski definition) is 2. The van der Waals surface area contributed by atoms with E-state index in [1.54, 1.807) is 12.1 Å². The Hall–Kier alpha value is -1.73. The minimum atomic E-state index is -0.493. The number of halogens is 1. The summed E-state index contributed by atoms with van der Waals surface area (Å²) in [6.45, 7) is 3.89. The zero-order valence-electron chi connectivity index (χ0n) is 11.9. The number of hydrogen-bond acceptors (Lipinski definition) is 4. The molecular weight excluding hydrogens is 336 g/mol. The molecule has 0 saturated heterocycles. The smallest absolute Gasteiger partial charge is 0.261 e. The molecule has 0 bridgehead atoms. The van der Waals surface area contributed by atoms with E-state index in [-0.39, 0.29) is 18.0 Å². The lowest BCUT2D eigenvalue weighted by Gasteiger charge is -2.19. The van der Waals surface area contributed by atoms with Gasteiger partial charge >= 0.3 is 0 Å².